The van der Waals surface area contributed by atoms with E-state index in [0.717, 1.165) is 6.54 Å². The van der Waals surface area contributed by atoms with Crippen LogP contribution in [0.2, 0.25) is 0 Å². The molecule has 2 rings (SSSR count). The van der Waals surface area contributed by atoms with Gasteiger partial charge in [-0.05, 0) is 18.3 Å². The fourth-order valence-corrected chi connectivity index (χ4v) is 1.78. The minimum atomic E-state index is -0.468. The zero-order valence-corrected chi connectivity index (χ0v) is 9.80. The van der Waals surface area contributed by atoms with Crippen LogP contribution >= 0.6 is 0 Å². The minimum Gasteiger partial charge on any atom is -0.367 e. The molecule has 1 aromatic rings. The molecule has 1 aliphatic carbocycles. The van der Waals surface area contributed by atoms with E-state index in [1.54, 1.807) is 7.05 Å². The van der Waals surface area contributed by atoms with Gasteiger partial charge >= 0.3 is 5.69 Å². The average Bonchev–Trinajstić information content (AvgIpc) is 3.01. The Balaban J connectivity index is 2.16. The van der Waals surface area contributed by atoms with Crippen molar-refractivity contribution in [2.75, 3.05) is 24.2 Å². The van der Waals surface area contributed by atoms with Gasteiger partial charge in [-0.25, -0.2) is 9.97 Å². The molecule has 0 spiro atoms. The molecule has 7 nitrogen and oxygen atoms in total. The maximum Gasteiger partial charge on any atom is 0.353 e. The van der Waals surface area contributed by atoms with Gasteiger partial charge in [0.05, 0.1) is 4.92 Å². The van der Waals surface area contributed by atoms with Gasteiger partial charge in [-0.2, -0.15) is 0 Å². The van der Waals surface area contributed by atoms with E-state index in [1.165, 1.54) is 12.7 Å². The highest BCUT2D eigenvalue weighted by molar-refractivity contribution is 5.68. The number of aromatic nitrogens is 2. The van der Waals surface area contributed by atoms with Crippen LogP contribution in [0.25, 0.3) is 0 Å². The first-order valence-corrected chi connectivity index (χ1v) is 5.54. The lowest BCUT2D eigenvalue weighted by Gasteiger charge is -2.07. The summed E-state index contributed by atoms with van der Waals surface area (Å²) in [7, 11) is 1.60. The first-order valence-electron chi connectivity index (χ1n) is 5.54. The lowest BCUT2D eigenvalue weighted by Crippen LogP contribution is -2.10. The standard InChI is InChI=1S/C10H15N5O2/c1-6-3-7(6)4-12-10-8(15(16)17)9(11-2)13-5-14-10/h5-7H,3-4H2,1-2H3,(H2,11,12,13,14). The molecular formula is C10H15N5O2. The lowest BCUT2D eigenvalue weighted by atomic mass is 10.3. The minimum absolute atomic E-state index is 0.0942. The van der Waals surface area contributed by atoms with E-state index in [0.29, 0.717) is 11.8 Å². The molecule has 92 valence electrons. The van der Waals surface area contributed by atoms with Crippen molar-refractivity contribution < 1.29 is 4.92 Å². The Hall–Kier alpha value is -1.92. The number of nitro groups is 1. The monoisotopic (exact) mass is 237 g/mol. The van der Waals surface area contributed by atoms with Crippen molar-refractivity contribution in [1.82, 2.24) is 9.97 Å². The normalized spacial score (nSPS) is 22.0. The number of anilines is 2. The molecule has 2 N–H and O–H groups in total. The molecule has 1 fully saturated rings. The first kappa shape index (κ1) is 11.6. The van der Waals surface area contributed by atoms with Crippen LogP contribution in [0.15, 0.2) is 6.33 Å². The highest BCUT2D eigenvalue weighted by atomic mass is 16.6. The topological polar surface area (TPSA) is 93.0 Å². The van der Waals surface area contributed by atoms with E-state index in [9.17, 15) is 10.1 Å². The third kappa shape index (κ3) is 2.43. The highest BCUT2D eigenvalue weighted by Gasteiger charge is 2.33. The van der Waals surface area contributed by atoms with Crippen molar-refractivity contribution in [3.63, 3.8) is 0 Å². The summed E-state index contributed by atoms with van der Waals surface area (Å²) in [5.74, 6) is 1.82. The van der Waals surface area contributed by atoms with E-state index in [1.807, 2.05) is 0 Å². The fourth-order valence-electron chi connectivity index (χ4n) is 1.78. The van der Waals surface area contributed by atoms with Crippen LogP contribution in [0.4, 0.5) is 17.3 Å². The van der Waals surface area contributed by atoms with Gasteiger partial charge in [0.2, 0.25) is 11.6 Å². The van der Waals surface area contributed by atoms with Crippen LogP contribution in [0.3, 0.4) is 0 Å². The van der Waals surface area contributed by atoms with Gasteiger partial charge in [0.15, 0.2) is 0 Å². The summed E-state index contributed by atoms with van der Waals surface area (Å²) in [6.45, 7) is 2.89. The van der Waals surface area contributed by atoms with Gasteiger partial charge in [-0.3, -0.25) is 10.1 Å². The van der Waals surface area contributed by atoms with Crippen LogP contribution in [0, 0.1) is 22.0 Å². The van der Waals surface area contributed by atoms with Crippen molar-refractivity contribution in [3.05, 3.63) is 16.4 Å². The molecule has 0 saturated heterocycles. The van der Waals surface area contributed by atoms with Crippen molar-refractivity contribution in [1.29, 1.82) is 0 Å². The lowest BCUT2D eigenvalue weighted by molar-refractivity contribution is -0.383. The number of nitrogens with zero attached hydrogens (tertiary/aromatic N) is 3. The van der Waals surface area contributed by atoms with Crippen LogP contribution in [-0.2, 0) is 0 Å². The van der Waals surface area contributed by atoms with Crippen LogP contribution < -0.4 is 10.6 Å². The second-order valence-corrected chi connectivity index (χ2v) is 4.28. The van der Waals surface area contributed by atoms with Crippen molar-refractivity contribution >= 4 is 17.3 Å². The van der Waals surface area contributed by atoms with Crippen LogP contribution in [0.1, 0.15) is 13.3 Å². The second kappa shape index (κ2) is 4.52. The van der Waals surface area contributed by atoms with E-state index >= 15 is 0 Å². The maximum atomic E-state index is 11.0. The van der Waals surface area contributed by atoms with Gasteiger partial charge in [0.1, 0.15) is 6.33 Å². The summed E-state index contributed by atoms with van der Waals surface area (Å²) in [5, 5.41) is 16.7. The second-order valence-electron chi connectivity index (χ2n) is 4.28. The van der Waals surface area contributed by atoms with E-state index in [2.05, 4.69) is 27.5 Å². The number of nitrogens with one attached hydrogen (secondary N) is 2. The number of hydrogen-bond acceptors (Lipinski definition) is 6. The molecule has 2 atom stereocenters. The van der Waals surface area contributed by atoms with Crippen LogP contribution in [0.5, 0.6) is 0 Å². The molecule has 0 amide bonds. The van der Waals surface area contributed by atoms with Crippen molar-refractivity contribution in [2.24, 2.45) is 11.8 Å². The quantitative estimate of drug-likeness (QED) is 0.595. The number of hydrogen-bond donors (Lipinski definition) is 2. The Labute approximate surface area is 98.8 Å². The molecule has 1 aliphatic rings. The molecule has 0 radical (unpaired) electrons. The summed E-state index contributed by atoms with van der Waals surface area (Å²) < 4.78 is 0. The smallest absolute Gasteiger partial charge is 0.353 e. The first-order chi connectivity index (χ1) is 8.13. The van der Waals surface area contributed by atoms with Crippen LogP contribution in [-0.4, -0.2) is 28.5 Å². The summed E-state index contributed by atoms with van der Waals surface area (Å²) in [6.07, 6.45) is 2.49. The highest BCUT2D eigenvalue weighted by Crippen LogP contribution is 2.38. The zero-order valence-electron chi connectivity index (χ0n) is 9.80. The van der Waals surface area contributed by atoms with E-state index < -0.39 is 4.92 Å². The molecule has 17 heavy (non-hydrogen) atoms. The molecule has 1 saturated carbocycles. The predicted molar refractivity (Wildman–Crippen MR) is 64.0 cm³/mol. The van der Waals surface area contributed by atoms with Gasteiger partial charge in [0.25, 0.3) is 0 Å². The Bertz CT molecular complexity index is 437. The largest absolute Gasteiger partial charge is 0.367 e. The summed E-state index contributed by atoms with van der Waals surface area (Å²) >= 11 is 0. The SMILES string of the molecule is CNc1ncnc(NCC2CC2C)c1[N+](=O)[O-]. The van der Waals surface area contributed by atoms with E-state index in [4.69, 9.17) is 0 Å². The molecule has 2 unspecified atom stereocenters. The predicted octanol–water partition coefficient (Wildman–Crippen LogP) is 1.49. The fraction of sp³-hybridized carbons (Fsp3) is 0.600. The summed E-state index contributed by atoms with van der Waals surface area (Å²) in [4.78, 5) is 18.3. The average molecular weight is 237 g/mol. The van der Waals surface area contributed by atoms with Gasteiger partial charge < -0.3 is 10.6 Å². The zero-order chi connectivity index (χ0) is 12.4. The molecule has 1 heterocycles. The van der Waals surface area contributed by atoms with Crippen molar-refractivity contribution in [3.8, 4) is 0 Å². The number of rotatable bonds is 5. The molecule has 7 heteroatoms. The third-order valence-electron chi connectivity index (χ3n) is 3.05. The Morgan fingerprint density at radius 1 is 1.53 bits per heavy atom. The van der Waals surface area contributed by atoms with Gasteiger partial charge in [-0.15, -0.1) is 0 Å². The molecular weight excluding hydrogens is 222 g/mol. The Morgan fingerprint density at radius 3 is 2.71 bits per heavy atom. The molecule has 1 aromatic heterocycles. The van der Waals surface area contributed by atoms with E-state index in [-0.39, 0.29) is 17.3 Å². The maximum absolute atomic E-state index is 11.0. The van der Waals surface area contributed by atoms with Gasteiger partial charge in [-0.1, -0.05) is 6.92 Å². The third-order valence-corrected chi connectivity index (χ3v) is 3.05. The molecule has 0 aliphatic heterocycles. The van der Waals surface area contributed by atoms with Gasteiger partial charge in [0, 0.05) is 13.6 Å². The Kier molecular flexibility index (Phi) is 3.08. The molecule has 0 bridgehead atoms. The van der Waals surface area contributed by atoms with Crippen molar-refractivity contribution in [2.45, 2.75) is 13.3 Å². The Morgan fingerprint density at radius 2 is 2.18 bits per heavy atom. The molecule has 0 aromatic carbocycles. The summed E-state index contributed by atoms with van der Waals surface area (Å²) in [6, 6.07) is 0. The summed E-state index contributed by atoms with van der Waals surface area (Å²) in [5.41, 5.74) is -0.0942.